The number of aryl methyl sites for hydroxylation is 1. The number of allylic oxidation sites excluding steroid dienone is 2. The third-order valence-electron chi connectivity index (χ3n) is 6.97. The molecule has 0 spiro atoms. The topological polar surface area (TPSA) is 184 Å². The predicted molar refractivity (Wildman–Crippen MR) is 113 cm³/mol. The maximum atomic E-state index is 13.5. The van der Waals surface area contributed by atoms with Crippen molar-refractivity contribution in [2.75, 3.05) is 0 Å². The molecule has 0 saturated heterocycles. The Kier molecular flexibility index (Phi) is 5.14. The molecule has 8 N–H and O–H groups in total. The van der Waals surface area contributed by atoms with Crippen LogP contribution in [0.15, 0.2) is 28.7 Å². The number of primary amides is 1. The highest BCUT2D eigenvalue weighted by Crippen LogP contribution is 2.52. The Balaban J connectivity index is 1.92. The molecule has 170 valence electrons. The van der Waals surface area contributed by atoms with Crippen LogP contribution in [0.2, 0.25) is 0 Å². The van der Waals surface area contributed by atoms with E-state index in [4.69, 9.17) is 11.5 Å². The average Bonchev–Trinajstić information content (AvgIpc) is 2.72. The van der Waals surface area contributed by atoms with Gasteiger partial charge in [-0.3, -0.25) is 14.4 Å². The maximum Gasteiger partial charge on any atom is 0.255 e. The average molecular weight is 442 g/mol. The second kappa shape index (κ2) is 7.46. The Bertz CT molecular complexity index is 1130. The van der Waals surface area contributed by atoms with Gasteiger partial charge in [-0.15, -0.1) is 0 Å². The molecule has 0 aromatic heterocycles. The van der Waals surface area contributed by atoms with Gasteiger partial charge in [0, 0.05) is 30.0 Å². The van der Waals surface area contributed by atoms with Crippen molar-refractivity contribution in [3.8, 4) is 5.75 Å². The number of fused-ring (bicyclic) bond motifs is 3. The molecule has 1 amide bonds. The number of carbonyl (C=O) groups is 3. The Morgan fingerprint density at radius 1 is 1.19 bits per heavy atom. The van der Waals surface area contributed by atoms with Crippen molar-refractivity contribution in [1.29, 1.82) is 0 Å². The molecule has 0 heterocycles. The van der Waals surface area contributed by atoms with Crippen LogP contribution >= 0.6 is 0 Å². The van der Waals surface area contributed by atoms with Crippen LogP contribution < -0.4 is 11.5 Å². The van der Waals surface area contributed by atoms with E-state index < -0.39 is 52.0 Å². The first-order valence-electron chi connectivity index (χ1n) is 10.6. The highest BCUT2D eigenvalue weighted by molar-refractivity contribution is 6.24. The zero-order valence-corrected chi connectivity index (χ0v) is 17.6. The molecule has 3 aliphatic carbocycles. The van der Waals surface area contributed by atoms with E-state index in [0.717, 1.165) is 12.0 Å². The first-order chi connectivity index (χ1) is 15.1. The summed E-state index contributed by atoms with van der Waals surface area (Å²) < 4.78 is 0. The SMILES string of the molecule is CCCc1cc(CN)c(O)c2c1CC1C[C@H]3CC(O)=C(C(N)=O)C(=O)[C@@]3(O)C(O)=C1C2=O. The second-order valence-electron chi connectivity index (χ2n) is 8.76. The second-order valence-corrected chi connectivity index (χ2v) is 8.76. The normalized spacial score (nSPS) is 27.2. The van der Waals surface area contributed by atoms with Crippen LogP contribution in [0.1, 0.15) is 53.2 Å². The van der Waals surface area contributed by atoms with Crippen molar-refractivity contribution in [3.63, 3.8) is 0 Å². The summed E-state index contributed by atoms with van der Waals surface area (Å²) in [6.45, 7) is 2.00. The molecule has 1 aromatic rings. The van der Waals surface area contributed by atoms with Crippen LogP contribution in [0, 0.1) is 11.8 Å². The molecule has 9 heteroatoms. The molecule has 0 bridgehead atoms. The number of aliphatic hydroxyl groups is 3. The van der Waals surface area contributed by atoms with Crippen molar-refractivity contribution in [2.45, 2.75) is 51.2 Å². The van der Waals surface area contributed by atoms with E-state index >= 15 is 0 Å². The number of Topliss-reactive ketones (excluding diaryl/α,β-unsaturated/α-hetero) is 2. The summed E-state index contributed by atoms with van der Waals surface area (Å²) in [4.78, 5) is 38.1. The van der Waals surface area contributed by atoms with E-state index in [9.17, 15) is 34.8 Å². The van der Waals surface area contributed by atoms with Gasteiger partial charge in [0.1, 0.15) is 22.8 Å². The summed E-state index contributed by atoms with van der Waals surface area (Å²) >= 11 is 0. The standard InChI is InChI=1S/C23H26N2O7/c1-2-3-9-4-11(8-24)18(27)16-13(9)6-10-5-12-7-14(26)17(22(25)31)21(30)23(12,32)20(29)15(10)19(16)28/h4,10,12,26-27,29,32H,2-3,5-8,24H2,1H3,(H2,25,31)/t10?,12-,23-/m0/s1. The van der Waals surface area contributed by atoms with Gasteiger partial charge in [-0.25, -0.2) is 0 Å². The minimum atomic E-state index is -2.55. The summed E-state index contributed by atoms with van der Waals surface area (Å²) in [6, 6.07) is 1.79. The van der Waals surface area contributed by atoms with E-state index in [1.54, 1.807) is 6.07 Å². The number of ketones is 2. The molecular formula is C23H26N2O7. The third kappa shape index (κ3) is 2.81. The molecule has 3 atom stereocenters. The van der Waals surface area contributed by atoms with Gasteiger partial charge in [0.2, 0.25) is 5.78 Å². The number of hydrogen-bond acceptors (Lipinski definition) is 8. The molecule has 32 heavy (non-hydrogen) atoms. The van der Waals surface area contributed by atoms with Gasteiger partial charge >= 0.3 is 0 Å². The summed E-state index contributed by atoms with van der Waals surface area (Å²) in [5, 5.41) is 43.2. The van der Waals surface area contributed by atoms with Gasteiger partial charge in [0.15, 0.2) is 11.4 Å². The fourth-order valence-corrected chi connectivity index (χ4v) is 5.47. The van der Waals surface area contributed by atoms with Crippen molar-refractivity contribution in [1.82, 2.24) is 0 Å². The Labute approximate surface area is 184 Å². The highest BCUT2D eigenvalue weighted by atomic mass is 16.3. The number of hydrogen-bond donors (Lipinski definition) is 6. The van der Waals surface area contributed by atoms with Crippen molar-refractivity contribution in [2.24, 2.45) is 23.3 Å². The number of aliphatic hydroxyl groups excluding tert-OH is 2. The van der Waals surface area contributed by atoms with Gasteiger partial charge < -0.3 is 31.9 Å². The molecule has 1 aromatic carbocycles. The van der Waals surface area contributed by atoms with Crippen LogP contribution in [0.5, 0.6) is 5.75 Å². The number of benzene rings is 1. The van der Waals surface area contributed by atoms with E-state index in [0.29, 0.717) is 24.0 Å². The molecule has 0 radical (unpaired) electrons. The van der Waals surface area contributed by atoms with Crippen molar-refractivity contribution >= 4 is 17.5 Å². The number of phenolic OH excluding ortho intramolecular Hbond substituents is 1. The van der Waals surface area contributed by atoms with Gasteiger partial charge in [-0.1, -0.05) is 19.4 Å². The first kappa shape index (κ1) is 22.0. The van der Waals surface area contributed by atoms with Crippen LogP contribution in [0.3, 0.4) is 0 Å². The van der Waals surface area contributed by atoms with Crippen LogP contribution in [0.25, 0.3) is 0 Å². The largest absolute Gasteiger partial charge is 0.511 e. The van der Waals surface area contributed by atoms with Crippen LogP contribution in [0.4, 0.5) is 0 Å². The van der Waals surface area contributed by atoms with Crippen LogP contribution in [-0.2, 0) is 29.0 Å². The first-order valence-corrected chi connectivity index (χ1v) is 10.6. The molecule has 0 saturated carbocycles. The summed E-state index contributed by atoms with van der Waals surface area (Å²) in [6.07, 6.45) is 1.65. The number of rotatable bonds is 4. The molecule has 0 aliphatic heterocycles. The third-order valence-corrected chi connectivity index (χ3v) is 6.97. The molecule has 9 nitrogen and oxygen atoms in total. The summed E-state index contributed by atoms with van der Waals surface area (Å²) in [5.74, 6) is -6.26. The van der Waals surface area contributed by atoms with Gasteiger partial charge in [0.05, 0.1) is 5.56 Å². The van der Waals surface area contributed by atoms with Gasteiger partial charge in [-0.05, 0) is 36.3 Å². The fraction of sp³-hybridized carbons (Fsp3) is 0.435. The van der Waals surface area contributed by atoms with Gasteiger partial charge in [-0.2, -0.15) is 0 Å². The maximum absolute atomic E-state index is 13.5. The van der Waals surface area contributed by atoms with Crippen molar-refractivity contribution < 1.29 is 34.8 Å². The molecular weight excluding hydrogens is 416 g/mol. The van der Waals surface area contributed by atoms with E-state index in [1.165, 1.54) is 0 Å². The van der Waals surface area contributed by atoms with E-state index in [-0.39, 0.29) is 36.3 Å². The summed E-state index contributed by atoms with van der Waals surface area (Å²) in [7, 11) is 0. The van der Waals surface area contributed by atoms with E-state index in [2.05, 4.69) is 0 Å². The number of carbonyl (C=O) groups excluding carboxylic acids is 3. The smallest absolute Gasteiger partial charge is 0.255 e. The lowest BCUT2D eigenvalue weighted by Gasteiger charge is -2.45. The van der Waals surface area contributed by atoms with Crippen molar-refractivity contribution in [3.05, 3.63) is 51.0 Å². The van der Waals surface area contributed by atoms with E-state index in [1.807, 2.05) is 6.92 Å². The lowest BCUT2D eigenvalue weighted by Crippen LogP contribution is -2.57. The Hall–Kier alpha value is -3.17. The zero-order chi connectivity index (χ0) is 23.5. The minimum absolute atomic E-state index is 0.00804. The lowest BCUT2D eigenvalue weighted by atomic mass is 9.60. The van der Waals surface area contributed by atoms with Crippen LogP contribution in [-0.4, -0.2) is 43.5 Å². The Morgan fingerprint density at radius 2 is 1.88 bits per heavy atom. The monoisotopic (exact) mass is 442 g/mol. The predicted octanol–water partition coefficient (Wildman–Crippen LogP) is 0.992. The number of phenols is 1. The number of nitrogens with two attached hydrogens (primary N) is 2. The molecule has 1 unspecified atom stereocenters. The highest BCUT2D eigenvalue weighted by Gasteiger charge is 2.59. The lowest BCUT2D eigenvalue weighted by molar-refractivity contribution is -0.144. The molecule has 0 fully saturated rings. The fourth-order valence-electron chi connectivity index (χ4n) is 5.47. The summed E-state index contributed by atoms with van der Waals surface area (Å²) in [5.41, 5.74) is 9.40. The minimum Gasteiger partial charge on any atom is -0.511 e. The zero-order valence-electron chi connectivity index (χ0n) is 17.6. The van der Waals surface area contributed by atoms with Gasteiger partial charge in [0.25, 0.3) is 5.91 Å². The number of aromatic hydroxyl groups is 1. The Morgan fingerprint density at radius 3 is 2.47 bits per heavy atom. The molecule has 3 aliphatic rings. The number of amides is 1. The molecule has 4 rings (SSSR count). The quantitative estimate of drug-likeness (QED) is 0.373.